The van der Waals surface area contributed by atoms with Crippen LogP contribution in [0, 0.1) is 0 Å². The minimum Gasteiger partial charge on any atom is -0.479 e. The Morgan fingerprint density at radius 3 is 2.71 bits per heavy atom. The topological polar surface area (TPSA) is 253 Å². The summed E-state index contributed by atoms with van der Waals surface area (Å²) in [5.41, 5.74) is 17.4. The van der Waals surface area contributed by atoms with Crippen LogP contribution in [0.2, 0.25) is 0 Å². The van der Waals surface area contributed by atoms with E-state index in [0.717, 1.165) is 16.2 Å². The number of oxime groups is 1. The van der Waals surface area contributed by atoms with E-state index in [0.29, 0.717) is 23.1 Å². The van der Waals surface area contributed by atoms with Crippen molar-refractivity contribution in [1.82, 2.24) is 20.2 Å². The number of nitrogens with zero attached hydrogens (tertiary/aromatic N) is 5. The van der Waals surface area contributed by atoms with Crippen molar-refractivity contribution in [2.24, 2.45) is 5.16 Å². The number of aliphatic carboxylic acids is 2. The lowest BCUT2D eigenvalue weighted by molar-refractivity contribution is -0.713. The van der Waals surface area contributed by atoms with Crippen LogP contribution in [-0.4, -0.2) is 84.1 Å². The highest BCUT2D eigenvalue weighted by atomic mass is 32.2. The van der Waals surface area contributed by atoms with E-state index in [2.05, 4.69) is 27.0 Å². The molecule has 2 aliphatic heterocycles. The van der Waals surface area contributed by atoms with Crippen molar-refractivity contribution in [3.8, 4) is 0 Å². The highest BCUT2D eigenvalue weighted by molar-refractivity contribution is 8.01. The molecule has 16 nitrogen and oxygen atoms in total. The van der Waals surface area contributed by atoms with Crippen molar-refractivity contribution in [3.63, 3.8) is 0 Å². The summed E-state index contributed by atoms with van der Waals surface area (Å²) in [7, 11) is 0. The predicted octanol–water partition coefficient (Wildman–Crippen LogP) is -0.906. The van der Waals surface area contributed by atoms with E-state index in [-0.39, 0.29) is 39.6 Å². The molecule has 1 saturated heterocycles. The number of hydrogen-bond donors (Lipinski definition) is 6. The maximum absolute atomic E-state index is 13.1. The molecule has 4 rings (SSSR count). The summed E-state index contributed by atoms with van der Waals surface area (Å²) in [6, 6.07) is 0.420. The van der Waals surface area contributed by atoms with Crippen molar-refractivity contribution >= 4 is 81.1 Å². The Kier molecular flexibility index (Phi) is 8.98. The molecule has 2 amide bonds. The number of anilines is 3. The number of allylic oxidation sites excluding steroid dienone is 1. The first-order chi connectivity index (χ1) is 19.5. The number of amides is 2. The number of aromatic nitrogens is 3. The van der Waals surface area contributed by atoms with Crippen LogP contribution in [0.4, 0.5) is 16.8 Å². The Labute approximate surface area is 244 Å². The van der Waals surface area contributed by atoms with Gasteiger partial charge in [0.15, 0.2) is 10.8 Å². The lowest BCUT2D eigenvalue weighted by atomic mass is 10.0. The summed E-state index contributed by atoms with van der Waals surface area (Å²) in [6.07, 6.45) is 1.63. The SMILES string of the molecule is C=CC[n+]1c(N)cc(N)nc1SCC1=C(C(=O)O)N2C(=O)C(NC(=O)/C(=N\OCC(=O)O)c3csc(N)n3)[C@H]2SC1. The van der Waals surface area contributed by atoms with Crippen molar-refractivity contribution in [3.05, 3.63) is 41.1 Å². The van der Waals surface area contributed by atoms with Gasteiger partial charge in [0.1, 0.15) is 22.8 Å². The summed E-state index contributed by atoms with van der Waals surface area (Å²) < 4.78 is 1.67. The highest BCUT2D eigenvalue weighted by Crippen LogP contribution is 2.41. The third kappa shape index (κ3) is 6.36. The number of fused-ring (bicyclic) bond motifs is 1. The van der Waals surface area contributed by atoms with Crippen LogP contribution in [0.15, 0.2) is 45.7 Å². The number of β-lactam (4-membered cyclic amide) rings is 1. The molecule has 19 heteroatoms. The van der Waals surface area contributed by atoms with Gasteiger partial charge in [-0.3, -0.25) is 14.5 Å². The predicted molar refractivity (Wildman–Crippen MR) is 151 cm³/mol. The molecule has 1 unspecified atom stereocenters. The van der Waals surface area contributed by atoms with Gasteiger partial charge >= 0.3 is 17.1 Å². The molecule has 2 atom stereocenters. The number of carboxylic acids is 2. The largest absolute Gasteiger partial charge is 0.479 e. The molecule has 0 aromatic carbocycles. The van der Waals surface area contributed by atoms with Crippen molar-refractivity contribution < 1.29 is 38.8 Å². The molecule has 41 heavy (non-hydrogen) atoms. The van der Waals surface area contributed by atoms with Gasteiger partial charge in [-0.15, -0.1) is 23.1 Å². The molecule has 0 radical (unpaired) electrons. The zero-order chi connectivity index (χ0) is 29.8. The molecule has 9 N–H and O–H groups in total. The first kappa shape index (κ1) is 29.6. The van der Waals surface area contributed by atoms with Crippen molar-refractivity contribution in [1.29, 1.82) is 0 Å². The average molecular weight is 623 g/mol. The molecule has 0 saturated carbocycles. The summed E-state index contributed by atoms with van der Waals surface area (Å²) in [5, 5.41) is 26.2. The van der Waals surface area contributed by atoms with Crippen LogP contribution >= 0.6 is 34.9 Å². The molecule has 0 bridgehead atoms. The molecule has 1 fully saturated rings. The number of carboxylic acid groups (broad SMARTS) is 2. The summed E-state index contributed by atoms with van der Waals surface area (Å²) >= 11 is 3.49. The fourth-order valence-corrected chi connectivity index (χ4v) is 6.95. The van der Waals surface area contributed by atoms with E-state index in [1.54, 1.807) is 10.6 Å². The van der Waals surface area contributed by atoms with Crippen LogP contribution in [0.3, 0.4) is 0 Å². The number of carbonyl (C=O) groups is 4. The lowest BCUT2D eigenvalue weighted by Crippen LogP contribution is -2.71. The Bertz CT molecular complexity index is 1490. The van der Waals surface area contributed by atoms with Gasteiger partial charge in [0.2, 0.25) is 18.2 Å². The van der Waals surface area contributed by atoms with E-state index in [1.165, 1.54) is 35.0 Å². The zero-order valence-corrected chi connectivity index (χ0v) is 23.5. The number of rotatable bonds is 12. The molecule has 216 valence electrons. The zero-order valence-electron chi connectivity index (χ0n) is 21.1. The number of thioether (sulfide) groups is 2. The number of hydrogen-bond acceptors (Lipinski definition) is 14. The number of nitrogens with one attached hydrogen (secondary N) is 1. The third-order valence-electron chi connectivity index (χ3n) is 5.61. The van der Waals surface area contributed by atoms with Gasteiger partial charge in [0.05, 0.1) is 12.6 Å². The number of nitrogens with two attached hydrogens (primary N) is 3. The summed E-state index contributed by atoms with van der Waals surface area (Å²) in [6.45, 7) is 3.24. The maximum Gasteiger partial charge on any atom is 0.352 e. The van der Waals surface area contributed by atoms with Crippen LogP contribution in [0.5, 0.6) is 0 Å². The molecular formula is C22H24N9O7S3+. The van der Waals surface area contributed by atoms with Crippen LogP contribution in [0.25, 0.3) is 0 Å². The van der Waals surface area contributed by atoms with Gasteiger partial charge in [-0.05, 0) is 17.3 Å². The minimum atomic E-state index is -1.32. The fourth-order valence-electron chi connectivity index (χ4n) is 3.87. The monoisotopic (exact) mass is 622 g/mol. The minimum absolute atomic E-state index is 0.0187. The quantitative estimate of drug-likeness (QED) is 0.0319. The molecule has 4 heterocycles. The molecule has 2 aromatic heterocycles. The van der Waals surface area contributed by atoms with Crippen LogP contribution < -0.4 is 27.1 Å². The van der Waals surface area contributed by atoms with Gasteiger partial charge in [-0.1, -0.05) is 22.8 Å². The van der Waals surface area contributed by atoms with Gasteiger partial charge in [-0.25, -0.2) is 19.1 Å². The lowest BCUT2D eigenvalue weighted by Gasteiger charge is -2.49. The van der Waals surface area contributed by atoms with Crippen molar-refractivity contribution in [2.45, 2.75) is 23.1 Å². The van der Waals surface area contributed by atoms with E-state index in [9.17, 15) is 24.3 Å². The first-order valence-electron chi connectivity index (χ1n) is 11.5. The van der Waals surface area contributed by atoms with Crippen LogP contribution in [-0.2, 0) is 30.6 Å². The molecule has 0 aliphatic carbocycles. The summed E-state index contributed by atoms with van der Waals surface area (Å²) in [5.74, 6) is -3.15. The normalized spacial score (nSPS) is 18.4. The molecule has 2 aromatic rings. The second-order valence-electron chi connectivity index (χ2n) is 8.37. The Hall–Kier alpha value is -4.36. The number of carbonyl (C=O) groups excluding carboxylic acids is 2. The van der Waals surface area contributed by atoms with Crippen molar-refractivity contribution in [2.75, 3.05) is 35.3 Å². The third-order valence-corrected chi connectivity index (χ3v) is 8.69. The molecule has 2 aliphatic rings. The Balaban J connectivity index is 1.52. The van der Waals surface area contributed by atoms with Gasteiger partial charge in [-0.2, -0.15) is 0 Å². The maximum atomic E-state index is 13.1. The molecule has 0 spiro atoms. The van der Waals surface area contributed by atoms with Crippen LogP contribution in [0.1, 0.15) is 5.69 Å². The summed E-state index contributed by atoms with van der Waals surface area (Å²) in [4.78, 5) is 63.3. The number of thiazole rings is 1. The Morgan fingerprint density at radius 1 is 1.32 bits per heavy atom. The highest BCUT2D eigenvalue weighted by Gasteiger charge is 2.54. The van der Waals surface area contributed by atoms with E-state index in [4.69, 9.17) is 27.1 Å². The first-order valence-corrected chi connectivity index (χ1v) is 14.5. The smallest absolute Gasteiger partial charge is 0.352 e. The van der Waals surface area contributed by atoms with E-state index < -0.39 is 41.8 Å². The standard InChI is InChI=1S/C22H23N9O7S3/c1-2-3-30-12(24)4-11(23)27-22(30)41-7-9-6-39-19-15(18(35)31(19)16(9)20(36)37)28-17(34)14(29-38-5-13(32)33)10-8-40-21(25)26-10/h2,4,8,15,19H,1,3,5-7H2,(H8,23,24,25,26,28,32,33,34,36,37)/p+1/b29-14-/t15?,19-/m1/s1. The average Bonchev–Trinajstić information content (AvgIpc) is 3.34. The van der Waals surface area contributed by atoms with E-state index >= 15 is 0 Å². The Morgan fingerprint density at radius 2 is 2.07 bits per heavy atom. The molecular weight excluding hydrogens is 598 g/mol. The van der Waals surface area contributed by atoms with Gasteiger partial charge in [0, 0.05) is 16.9 Å². The van der Waals surface area contributed by atoms with Gasteiger partial charge in [0.25, 0.3) is 11.8 Å². The second-order valence-corrected chi connectivity index (χ2v) is 11.3. The fraction of sp³-hybridized carbons (Fsp3) is 0.273. The van der Waals surface area contributed by atoms with Gasteiger partial charge < -0.3 is 37.6 Å². The second kappa shape index (κ2) is 12.4. The van der Waals surface area contributed by atoms with E-state index in [1.807, 2.05) is 0 Å². The number of nitrogen functional groups attached to an aromatic ring is 3.